The van der Waals surface area contributed by atoms with Crippen molar-refractivity contribution in [3.05, 3.63) is 84.1 Å². The Bertz CT molecular complexity index is 937. The first-order chi connectivity index (χ1) is 11.8. The fourth-order valence-corrected chi connectivity index (χ4v) is 3.37. The lowest BCUT2D eigenvalue weighted by molar-refractivity contribution is 0.687. The summed E-state index contributed by atoms with van der Waals surface area (Å²) < 4.78 is 4.45. The van der Waals surface area contributed by atoms with Gasteiger partial charge in [-0.15, -0.1) is 10.2 Å². The Morgan fingerprint density at radius 2 is 1.58 bits per heavy atom. The number of fused-ring (bicyclic) bond motifs is 1. The molecule has 0 N–H and O–H groups in total. The quantitative estimate of drug-likeness (QED) is 0.561. The number of hydrogen-bond donors (Lipinski definition) is 0. The molecule has 4 aromatic rings. The number of rotatable bonds is 5. The van der Waals surface area contributed by atoms with Crippen molar-refractivity contribution in [1.82, 2.24) is 19.3 Å². The highest BCUT2D eigenvalue weighted by molar-refractivity contribution is 5.85. The SMILES string of the molecule is Cc1c(CCn2cnnc2)c2ccccc2n1Cc1ccccc1. The first-order valence-electron chi connectivity index (χ1n) is 8.26. The lowest BCUT2D eigenvalue weighted by Crippen LogP contribution is -2.04. The number of aryl methyl sites for hydroxylation is 2. The summed E-state index contributed by atoms with van der Waals surface area (Å²) in [6.45, 7) is 4.03. The van der Waals surface area contributed by atoms with Gasteiger partial charge in [-0.2, -0.15) is 0 Å². The summed E-state index contributed by atoms with van der Waals surface area (Å²) >= 11 is 0. The van der Waals surface area contributed by atoms with Crippen LogP contribution in [-0.4, -0.2) is 19.3 Å². The van der Waals surface area contributed by atoms with Gasteiger partial charge >= 0.3 is 0 Å². The molecule has 0 amide bonds. The molecule has 0 saturated heterocycles. The number of para-hydroxylation sites is 1. The molecule has 2 aromatic heterocycles. The minimum atomic E-state index is 0.896. The summed E-state index contributed by atoms with van der Waals surface area (Å²) in [6.07, 6.45) is 4.53. The van der Waals surface area contributed by atoms with Crippen LogP contribution in [0.25, 0.3) is 10.9 Å². The van der Waals surface area contributed by atoms with Crippen molar-refractivity contribution in [2.45, 2.75) is 26.4 Å². The molecule has 0 aliphatic rings. The zero-order valence-corrected chi connectivity index (χ0v) is 13.8. The molecule has 24 heavy (non-hydrogen) atoms. The summed E-state index contributed by atoms with van der Waals surface area (Å²) in [5.74, 6) is 0. The molecule has 0 radical (unpaired) electrons. The molecule has 4 nitrogen and oxygen atoms in total. The maximum Gasteiger partial charge on any atom is 0.119 e. The molecule has 0 aliphatic carbocycles. The highest BCUT2D eigenvalue weighted by Gasteiger charge is 2.13. The molecular weight excluding hydrogens is 296 g/mol. The lowest BCUT2D eigenvalue weighted by atomic mass is 10.1. The zero-order chi connectivity index (χ0) is 16.4. The van der Waals surface area contributed by atoms with Gasteiger partial charge in [-0.05, 0) is 30.5 Å². The van der Waals surface area contributed by atoms with Gasteiger partial charge in [0, 0.05) is 29.7 Å². The van der Waals surface area contributed by atoms with Gasteiger partial charge in [0.2, 0.25) is 0 Å². The third-order valence-corrected chi connectivity index (χ3v) is 4.63. The van der Waals surface area contributed by atoms with E-state index in [1.54, 1.807) is 12.7 Å². The van der Waals surface area contributed by atoms with Crippen LogP contribution in [0.5, 0.6) is 0 Å². The van der Waals surface area contributed by atoms with Crippen molar-refractivity contribution in [2.24, 2.45) is 0 Å². The Hall–Kier alpha value is -2.88. The van der Waals surface area contributed by atoms with E-state index in [-0.39, 0.29) is 0 Å². The second kappa shape index (κ2) is 6.32. The molecule has 2 aromatic carbocycles. The van der Waals surface area contributed by atoms with E-state index in [2.05, 4.69) is 76.3 Å². The second-order valence-electron chi connectivity index (χ2n) is 6.10. The number of hydrogen-bond acceptors (Lipinski definition) is 2. The number of nitrogens with zero attached hydrogens (tertiary/aromatic N) is 4. The van der Waals surface area contributed by atoms with Gasteiger partial charge < -0.3 is 9.13 Å². The maximum absolute atomic E-state index is 3.89. The van der Waals surface area contributed by atoms with Gasteiger partial charge in [0.25, 0.3) is 0 Å². The van der Waals surface area contributed by atoms with Crippen LogP contribution in [0.15, 0.2) is 67.3 Å². The van der Waals surface area contributed by atoms with E-state index in [9.17, 15) is 0 Å². The van der Waals surface area contributed by atoms with Crippen LogP contribution in [0.4, 0.5) is 0 Å². The molecule has 120 valence electrons. The second-order valence-corrected chi connectivity index (χ2v) is 6.10. The van der Waals surface area contributed by atoms with Crippen LogP contribution in [0.2, 0.25) is 0 Å². The first-order valence-corrected chi connectivity index (χ1v) is 8.26. The summed E-state index contributed by atoms with van der Waals surface area (Å²) in [5, 5.41) is 9.12. The van der Waals surface area contributed by atoms with Crippen molar-refractivity contribution in [3.8, 4) is 0 Å². The lowest BCUT2D eigenvalue weighted by Gasteiger charge is -2.09. The summed E-state index contributed by atoms with van der Waals surface area (Å²) in [6, 6.07) is 19.3. The van der Waals surface area contributed by atoms with Crippen molar-refractivity contribution < 1.29 is 0 Å². The highest BCUT2D eigenvalue weighted by Crippen LogP contribution is 2.27. The highest BCUT2D eigenvalue weighted by atomic mass is 15.2. The topological polar surface area (TPSA) is 35.6 Å². The van der Waals surface area contributed by atoms with E-state index in [1.165, 1.54) is 27.7 Å². The van der Waals surface area contributed by atoms with Crippen LogP contribution in [-0.2, 0) is 19.5 Å². The molecule has 0 atom stereocenters. The van der Waals surface area contributed by atoms with Gasteiger partial charge in [-0.25, -0.2) is 0 Å². The summed E-state index contributed by atoms with van der Waals surface area (Å²) in [7, 11) is 0. The van der Waals surface area contributed by atoms with Crippen LogP contribution in [0.1, 0.15) is 16.8 Å². The Morgan fingerprint density at radius 3 is 2.38 bits per heavy atom. The molecule has 0 unspecified atom stereocenters. The number of benzene rings is 2. The third kappa shape index (κ3) is 2.71. The smallest absolute Gasteiger partial charge is 0.119 e. The van der Waals surface area contributed by atoms with E-state index in [4.69, 9.17) is 0 Å². The molecule has 0 saturated carbocycles. The fraction of sp³-hybridized carbons (Fsp3) is 0.200. The Kier molecular flexibility index (Phi) is 3.87. The standard InChI is InChI=1S/C20H20N4/c1-16-18(11-12-23-14-21-22-15-23)19-9-5-6-10-20(19)24(16)13-17-7-3-2-4-8-17/h2-10,14-15H,11-13H2,1H3. The number of aromatic nitrogens is 4. The van der Waals surface area contributed by atoms with Gasteiger partial charge in [0.15, 0.2) is 0 Å². The van der Waals surface area contributed by atoms with Crippen LogP contribution < -0.4 is 0 Å². The van der Waals surface area contributed by atoms with Crippen molar-refractivity contribution in [1.29, 1.82) is 0 Å². The molecule has 2 heterocycles. The van der Waals surface area contributed by atoms with E-state index in [0.29, 0.717) is 0 Å². The molecule has 0 bridgehead atoms. The van der Waals surface area contributed by atoms with Gasteiger partial charge in [0.05, 0.1) is 0 Å². The fourth-order valence-electron chi connectivity index (χ4n) is 3.37. The molecule has 0 aliphatic heterocycles. The predicted molar refractivity (Wildman–Crippen MR) is 95.9 cm³/mol. The Balaban J connectivity index is 1.72. The average Bonchev–Trinajstić information content (AvgIpc) is 3.22. The van der Waals surface area contributed by atoms with Crippen LogP contribution >= 0.6 is 0 Å². The normalized spacial score (nSPS) is 11.2. The Labute approximate surface area is 141 Å². The molecule has 4 heteroatoms. The monoisotopic (exact) mass is 316 g/mol. The largest absolute Gasteiger partial charge is 0.340 e. The summed E-state index contributed by atoms with van der Waals surface area (Å²) in [5.41, 5.74) is 5.38. The van der Waals surface area contributed by atoms with Gasteiger partial charge in [-0.1, -0.05) is 48.5 Å². The molecule has 0 fully saturated rings. The molecule has 0 spiro atoms. The van der Waals surface area contributed by atoms with Gasteiger partial charge in [0.1, 0.15) is 12.7 Å². The first kappa shape index (κ1) is 14.7. The average molecular weight is 316 g/mol. The molecule has 4 rings (SSSR count). The third-order valence-electron chi connectivity index (χ3n) is 4.63. The van der Waals surface area contributed by atoms with E-state index in [1.807, 2.05) is 4.57 Å². The minimum absolute atomic E-state index is 0.896. The van der Waals surface area contributed by atoms with Crippen molar-refractivity contribution >= 4 is 10.9 Å². The van der Waals surface area contributed by atoms with Crippen molar-refractivity contribution in [3.63, 3.8) is 0 Å². The van der Waals surface area contributed by atoms with E-state index in [0.717, 1.165) is 19.5 Å². The Morgan fingerprint density at radius 1 is 0.875 bits per heavy atom. The van der Waals surface area contributed by atoms with E-state index >= 15 is 0 Å². The van der Waals surface area contributed by atoms with E-state index < -0.39 is 0 Å². The van der Waals surface area contributed by atoms with Crippen molar-refractivity contribution in [2.75, 3.05) is 0 Å². The van der Waals surface area contributed by atoms with Crippen LogP contribution in [0.3, 0.4) is 0 Å². The minimum Gasteiger partial charge on any atom is -0.340 e. The van der Waals surface area contributed by atoms with Gasteiger partial charge in [-0.3, -0.25) is 0 Å². The maximum atomic E-state index is 3.89. The van der Waals surface area contributed by atoms with Crippen LogP contribution in [0, 0.1) is 6.92 Å². The predicted octanol–water partition coefficient (Wildman–Crippen LogP) is 3.83. The summed E-state index contributed by atoms with van der Waals surface area (Å²) in [4.78, 5) is 0. The zero-order valence-electron chi connectivity index (χ0n) is 13.8. The molecular formula is C20H20N4.